The van der Waals surface area contributed by atoms with Gasteiger partial charge in [-0.1, -0.05) is 11.6 Å². The van der Waals surface area contributed by atoms with Crippen molar-refractivity contribution in [2.45, 2.75) is 19.9 Å². The Kier molecular flexibility index (Phi) is 3.89. The molecule has 0 aliphatic heterocycles. The molecule has 0 atom stereocenters. The zero-order valence-corrected chi connectivity index (χ0v) is 10.2. The van der Waals surface area contributed by atoms with E-state index in [1.807, 2.05) is 13.8 Å². The first-order valence-electron chi connectivity index (χ1n) is 4.12. The Labute approximate surface area is 96.0 Å². The summed E-state index contributed by atoms with van der Waals surface area (Å²) in [7, 11) is 0. The number of nitrogens with one attached hydrogen (secondary N) is 1. The lowest BCUT2D eigenvalue weighted by atomic mass is 10.3. The van der Waals surface area contributed by atoms with Gasteiger partial charge in [0.25, 0.3) is 5.91 Å². The highest BCUT2D eigenvalue weighted by Crippen LogP contribution is 2.18. The van der Waals surface area contributed by atoms with Crippen LogP contribution in [0.2, 0.25) is 5.02 Å². The van der Waals surface area contributed by atoms with Crippen molar-refractivity contribution < 1.29 is 4.79 Å². The average Bonchev–Trinajstić information content (AvgIpc) is 2.01. The minimum absolute atomic E-state index is 0.0897. The molecule has 1 rings (SSSR count). The lowest BCUT2D eigenvalue weighted by Gasteiger charge is -2.08. The molecule has 0 saturated heterocycles. The summed E-state index contributed by atoms with van der Waals surface area (Å²) in [5, 5.41) is 3.24. The molecule has 0 fully saturated rings. The number of carbonyl (C=O) groups is 1. The first-order valence-corrected chi connectivity index (χ1v) is 5.29. The van der Waals surface area contributed by atoms with E-state index in [0.717, 1.165) is 0 Å². The summed E-state index contributed by atoms with van der Waals surface area (Å²) in [5.74, 6) is -0.205. The molecule has 0 aromatic carbocycles. The maximum atomic E-state index is 11.5. The first-order chi connectivity index (χ1) is 6.50. The summed E-state index contributed by atoms with van der Waals surface area (Å²) in [4.78, 5) is 15.5. The molecule has 0 bridgehead atoms. The zero-order valence-electron chi connectivity index (χ0n) is 7.84. The van der Waals surface area contributed by atoms with Gasteiger partial charge in [-0.2, -0.15) is 0 Å². The molecule has 5 heteroatoms. The van der Waals surface area contributed by atoms with Gasteiger partial charge in [0.1, 0.15) is 5.69 Å². The van der Waals surface area contributed by atoms with Crippen LogP contribution in [0.1, 0.15) is 24.3 Å². The third-order valence-corrected chi connectivity index (χ3v) is 2.25. The highest BCUT2D eigenvalue weighted by molar-refractivity contribution is 9.10. The van der Waals surface area contributed by atoms with Gasteiger partial charge in [-0.05, 0) is 35.8 Å². The van der Waals surface area contributed by atoms with Crippen molar-refractivity contribution in [3.8, 4) is 0 Å². The standard InChI is InChI=1S/C9H10BrClN2O/c1-5(2)13-9(14)8-7(10)3-6(11)4-12-8/h3-5H,1-2H3,(H,13,14). The van der Waals surface area contributed by atoms with E-state index in [2.05, 4.69) is 26.2 Å². The average molecular weight is 278 g/mol. The summed E-state index contributed by atoms with van der Waals surface area (Å²) in [6.45, 7) is 3.78. The predicted octanol–water partition coefficient (Wildman–Crippen LogP) is 2.64. The number of carbonyl (C=O) groups excluding carboxylic acids is 1. The SMILES string of the molecule is CC(C)NC(=O)c1ncc(Cl)cc1Br. The smallest absolute Gasteiger partial charge is 0.271 e. The van der Waals surface area contributed by atoms with Gasteiger partial charge in [-0.15, -0.1) is 0 Å². The molecule has 3 nitrogen and oxygen atoms in total. The van der Waals surface area contributed by atoms with E-state index in [-0.39, 0.29) is 11.9 Å². The monoisotopic (exact) mass is 276 g/mol. The Balaban J connectivity index is 2.90. The second-order valence-corrected chi connectivity index (χ2v) is 4.40. The number of halogens is 2. The highest BCUT2D eigenvalue weighted by atomic mass is 79.9. The molecule has 0 unspecified atom stereocenters. The van der Waals surface area contributed by atoms with Gasteiger partial charge in [0, 0.05) is 12.2 Å². The fourth-order valence-corrected chi connectivity index (χ4v) is 1.73. The third kappa shape index (κ3) is 2.96. The van der Waals surface area contributed by atoms with Gasteiger partial charge in [-0.3, -0.25) is 4.79 Å². The van der Waals surface area contributed by atoms with Crippen molar-refractivity contribution in [2.24, 2.45) is 0 Å². The first kappa shape index (κ1) is 11.5. The van der Waals surface area contributed by atoms with Gasteiger partial charge in [0.2, 0.25) is 0 Å². The predicted molar refractivity (Wildman–Crippen MR) is 59.5 cm³/mol. The molecular weight excluding hydrogens is 267 g/mol. The number of aromatic nitrogens is 1. The summed E-state index contributed by atoms with van der Waals surface area (Å²) in [6.07, 6.45) is 1.45. The van der Waals surface area contributed by atoms with Gasteiger partial charge >= 0.3 is 0 Å². The number of hydrogen-bond acceptors (Lipinski definition) is 2. The van der Waals surface area contributed by atoms with Crippen molar-refractivity contribution in [1.82, 2.24) is 10.3 Å². The summed E-state index contributed by atoms with van der Waals surface area (Å²) >= 11 is 8.93. The van der Waals surface area contributed by atoms with Crippen LogP contribution in [0.15, 0.2) is 16.7 Å². The minimum atomic E-state index is -0.205. The maximum Gasteiger partial charge on any atom is 0.271 e. The van der Waals surface area contributed by atoms with Crippen LogP contribution < -0.4 is 5.32 Å². The van der Waals surface area contributed by atoms with Crippen LogP contribution in [0.5, 0.6) is 0 Å². The van der Waals surface area contributed by atoms with E-state index >= 15 is 0 Å². The summed E-state index contributed by atoms with van der Waals surface area (Å²) in [6, 6.07) is 1.73. The fourth-order valence-electron chi connectivity index (χ4n) is 0.912. The van der Waals surface area contributed by atoms with Crippen molar-refractivity contribution in [3.63, 3.8) is 0 Å². The van der Waals surface area contributed by atoms with Crippen LogP contribution in [-0.4, -0.2) is 16.9 Å². The van der Waals surface area contributed by atoms with Gasteiger partial charge in [-0.25, -0.2) is 4.98 Å². The number of nitrogens with zero attached hydrogens (tertiary/aromatic N) is 1. The van der Waals surface area contributed by atoms with Crippen molar-refractivity contribution >= 4 is 33.4 Å². The molecule has 1 aromatic heterocycles. The van der Waals surface area contributed by atoms with Crippen LogP contribution in [-0.2, 0) is 0 Å². The topological polar surface area (TPSA) is 42.0 Å². The highest BCUT2D eigenvalue weighted by Gasteiger charge is 2.12. The van der Waals surface area contributed by atoms with Crippen LogP contribution in [0, 0.1) is 0 Å². The number of rotatable bonds is 2. The Morgan fingerprint density at radius 1 is 1.64 bits per heavy atom. The number of amides is 1. The number of pyridine rings is 1. The lowest BCUT2D eigenvalue weighted by molar-refractivity contribution is 0.0937. The van der Waals surface area contributed by atoms with Crippen LogP contribution in [0.25, 0.3) is 0 Å². The molecule has 0 spiro atoms. The molecule has 14 heavy (non-hydrogen) atoms. The molecule has 0 saturated carbocycles. The molecule has 0 aliphatic carbocycles. The van der Waals surface area contributed by atoms with E-state index < -0.39 is 0 Å². The molecule has 76 valence electrons. The van der Waals surface area contributed by atoms with Crippen LogP contribution in [0.4, 0.5) is 0 Å². The second-order valence-electron chi connectivity index (χ2n) is 3.11. The van der Waals surface area contributed by atoms with Gasteiger partial charge < -0.3 is 5.32 Å². The van der Waals surface area contributed by atoms with E-state index in [9.17, 15) is 4.79 Å². The molecule has 1 amide bonds. The zero-order chi connectivity index (χ0) is 10.7. The largest absolute Gasteiger partial charge is 0.348 e. The molecule has 1 aromatic rings. The summed E-state index contributed by atoms with van der Waals surface area (Å²) < 4.78 is 0.600. The normalized spacial score (nSPS) is 10.4. The Morgan fingerprint density at radius 3 is 2.79 bits per heavy atom. The van der Waals surface area contributed by atoms with Gasteiger partial charge in [0.15, 0.2) is 0 Å². The second kappa shape index (κ2) is 4.75. The molecule has 0 aliphatic rings. The van der Waals surface area contributed by atoms with E-state index in [1.54, 1.807) is 6.07 Å². The summed E-state index contributed by atoms with van der Waals surface area (Å²) in [5.41, 5.74) is 0.350. The molecule has 1 N–H and O–H groups in total. The molecule has 1 heterocycles. The Bertz CT molecular complexity index is 355. The van der Waals surface area contributed by atoms with E-state index in [0.29, 0.717) is 15.2 Å². The maximum absolute atomic E-state index is 11.5. The van der Waals surface area contributed by atoms with Crippen LogP contribution >= 0.6 is 27.5 Å². The van der Waals surface area contributed by atoms with Gasteiger partial charge in [0.05, 0.1) is 9.50 Å². The van der Waals surface area contributed by atoms with E-state index in [4.69, 9.17) is 11.6 Å². The number of hydrogen-bond donors (Lipinski definition) is 1. The van der Waals surface area contributed by atoms with Crippen molar-refractivity contribution in [2.75, 3.05) is 0 Å². The van der Waals surface area contributed by atoms with Crippen molar-refractivity contribution in [1.29, 1.82) is 0 Å². The van der Waals surface area contributed by atoms with E-state index in [1.165, 1.54) is 6.20 Å². The lowest BCUT2D eigenvalue weighted by Crippen LogP contribution is -2.31. The quantitative estimate of drug-likeness (QED) is 0.903. The third-order valence-electron chi connectivity index (χ3n) is 1.44. The Hall–Kier alpha value is -0.610. The molecule has 0 radical (unpaired) electrons. The minimum Gasteiger partial charge on any atom is -0.348 e. The van der Waals surface area contributed by atoms with Crippen molar-refractivity contribution in [3.05, 3.63) is 27.5 Å². The molecular formula is C9H10BrClN2O. The Morgan fingerprint density at radius 2 is 2.29 bits per heavy atom. The van der Waals surface area contributed by atoms with Crippen LogP contribution in [0.3, 0.4) is 0 Å². The fraction of sp³-hybridized carbons (Fsp3) is 0.333.